The van der Waals surface area contributed by atoms with Crippen molar-refractivity contribution in [2.45, 2.75) is 13.1 Å². The fourth-order valence-electron chi connectivity index (χ4n) is 2.24. The largest absolute Gasteiger partial charge is 0.416 e. The average Bonchev–Trinajstić information content (AvgIpc) is 2.56. The summed E-state index contributed by atoms with van der Waals surface area (Å²) in [7, 11) is 0. The molecule has 134 valence electrons. The molecule has 0 fully saturated rings. The molecular formula is C18H14ClF3N4. The van der Waals surface area contributed by atoms with Gasteiger partial charge in [-0.25, -0.2) is 4.98 Å². The number of nitrogens with one attached hydrogen (secondary N) is 2. The third kappa shape index (κ3) is 4.64. The Morgan fingerprint density at radius 3 is 2.04 bits per heavy atom. The second-order valence-electron chi connectivity index (χ2n) is 5.55. The number of benzene rings is 2. The number of anilines is 4. The third-order valence-electron chi connectivity index (χ3n) is 3.44. The highest BCUT2D eigenvalue weighted by Crippen LogP contribution is 2.30. The Morgan fingerprint density at radius 1 is 0.846 bits per heavy atom. The van der Waals surface area contributed by atoms with Gasteiger partial charge in [0, 0.05) is 28.2 Å². The van der Waals surface area contributed by atoms with Crippen molar-refractivity contribution < 1.29 is 13.2 Å². The summed E-state index contributed by atoms with van der Waals surface area (Å²) >= 11 is 5.86. The van der Waals surface area contributed by atoms with Gasteiger partial charge in [-0.15, -0.1) is 0 Å². The van der Waals surface area contributed by atoms with Crippen molar-refractivity contribution in [1.29, 1.82) is 0 Å². The summed E-state index contributed by atoms with van der Waals surface area (Å²) in [5.74, 6) is 0.829. The molecule has 0 bridgehead atoms. The zero-order valence-electron chi connectivity index (χ0n) is 13.6. The Balaban J connectivity index is 1.78. The van der Waals surface area contributed by atoms with Crippen LogP contribution in [-0.4, -0.2) is 9.97 Å². The molecule has 3 aromatic rings. The van der Waals surface area contributed by atoms with E-state index in [0.29, 0.717) is 28.2 Å². The second kappa shape index (κ2) is 7.21. The van der Waals surface area contributed by atoms with Crippen LogP contribution in [0.25, 0.3) is 0 Å². The lowest BCUT2D eigenvalue weighted by molar-refractivity contribution is -0.137. The predicted octanol–water partition coefficient (Wildman–Crippen LogP) is 5.94. The number of nitrogens with zero attached hydrogens (tertiary/aromatic N) is 2. The van der Waals surface area contributed by atoms with E-state index in [-0.39, 0.29) is 0 Å². The molecule has 26 heavy (non-hydrogen) atoms. The van der Waals surface area contributed by atoms with Gasteiger partial charge in [0.2, 0.25) is 5.95 Å². The molecule has 0 spiro atoms. The molecule has 0 radical (unpaired) electrons. The Labute approximate surface area is 153 Å². The molecule has 2 aromatic carbocycles. The van der Waals surface area contributed by atoms with Gasteiger partial charge in [0.25, 0.3) is 0 Å². The molecule has 1 aromatic heterocycles. The van der Waals surface area contributed by atoms with E-state index in [9.17, 15) is 13.2 Å². The van der Waals surface area contributed by atoms with Gasteiger partial charge in [0.05, 0.1) is 5.56 Å². The van der Waals surface area contributed by atoms with Crippen LogP contribution in [0.3, 0.4) is 0 Å². The van der Waals surface area contributed by atoms with Gasteiger partial charge in [0.15, 0.2) is 0 Å². The number of aromatic nitrogens is 2. The van der Waals surface area contributed by atoms with E-state index in [2.05, 4.69) is 20.6 Å². The van der Waals surface area contributed by atoms with Crippen molar-refractivity contribution in [3.05, 3.63) is 70.9 Å². The second-order valence-corrected chi connectivity index (χ2v) is 5.99. The Kier molecular flexibility index (Phi) is 4.99. The van der Waals surface area contributed by atoms with Crippen LogP contribution in [-0.2, 0) is 6.18 Å². The summed E-state index contributed by atoms with van der Waals surface area (Å²) < 4.78 is 37.9. The van der Waals surface area contributed by atoms with E-state index in [4.69, 9.17) is 11.6 Å². The number of aryl methyl sites for hydroxylation is 1. The molecule has 4 nitrogen and oxygen atoms in total. The maximum Gasteiger partial charge on any atom is 0.416 e. The fourth-order valence-corrected chi connectivity index (χ4v) is 2.37. The minimum atomic E-state index is -4.36. The summed E-state index contributed by atoms with van der Waals surface area (Å²) in [5.41, 5.74) is 1.26. The van der Waals surface area contributed by atoms with Gasteiger partial charge in [-0.05, 0) is 55.5 Å². The molecule has 0 aliphatic carbocycles. The van der Waals surface area contributed by atoms with Gasteiger partial charge in [-0.2, -0.15) is 18.2 Å². The minimum Gasteiger partial charge on any atom is -0.340 e. The van der Waals surface area contributed by atoms with Crippen molar-refractivity contribution in [1.82, 2.24) is 9.97 Å². The van der Waals surface area contributed by atoms with Crippen LogP contribution < -0.4 is 10.6 Å². The van der Waals surface area contributed by atoms with Crippen LogP contribution in [0, 0.1) is 6.92 Å². The fraction of sp³-hybridized carbons (Fsp3) is 0.111. The first-order valence-electron chi connectivity index (χ1n) is 7.62. The zero-order valence-corrected chi connectivity index (χ0v) is 14.4. The van der Waals surface area contributed by atoms with Crippen LogP contribution in [0.15, 0.2) is 54.6 Å². The van der Waals surface area contributed by atoms with Crippen molar-refractivity contribution in [2.75, 3.05) is 10.6 Å². The van der Waals surface area contributed by atoms with Gasteiger partial charge < -0.3 is 10.6 Å². The SMILES string of the molecule is Cc1cc(Nc2ccc(C(F)(F)F)cc2)nc(Nc2ccc(Cl)cc2)n1. The minimum absolute atomic E-state index is 0.363. The molecule has 0 aliphatic heterocycles. The highest BCUT2D eigenvalue weighted by molar-refractivity contribution is 6.30. The summed E-state index contributed by atoms with van der Waals surface area (Å²) in [6.07, 6.45) is -4.36. The van der Waals surface area contributed by atoms with Crippen molar-refractivity contribution >= 4 is 34.7 Å². The van der Waals surface area contributed by atoms with Gasteiger partial charge in [-0.1, -0.05) is 11.6 Å². The predicted molar refractivity (Wildman–Crippen MR) is 96.2 cm³/mol. The van der Waals surface area contributed by atoms with E-state index in [1.54, 1.807) is 37.3 Å². The topological polar surface area (TPSA) is 49.8 Å². The molecule has 0 aliphatic rings. The van der Waals surface area contributed by atoms with E-state index < -0.39 is 11.7 Å². The van der Waals surface area contributed by atoms with E-state index in [1.807, 2.05) is 0 Å². The molecular weight excluding hydrogens is 365 g/mol. The number of rotatable bonds is 4. The highest BCUT2D eigenvalue weighted by Gasteiger charge is 2.29. The van der Waals surface area contributed by atoms with Crippen LogP contribution in [0.4, 0.5) is 36.3 Å². The number of hydrogen-bond acceptors (Lipinski definition) is 4. The Morgan fingerprint density at radius 2 is 1.42 bits per heavy atom. The first-order chi connectivity index (χ1) is 12.3. The molecule has 8 heteroatoms. The van der Waals surface area contributed by atoms with Crippen molar-refractivity contribution in [2.24, 2.45) is 0 Å². The lowest BCUT2D eigenvalue weighted by Gasteiger charge is -2.11. The lowest BCUT2D eigenvalue weighted by atomic mass is 10.2. The summed E-state index contributed by atoms with van der Waals surface area (Å²) in [4.78, 5) is 8.62. The molecule has 0 unspecified atom stereocenters. The summed E-state index contributed by atoms with van der Waals surface area (Å²) in [6, 6.07) is 13.5. The molecule has 2 N–H and O–H groups in total. The quantitative estimate of drug-likeness (QED) is 0.589. The average molecular weight is 379 g/mol. The molecule has 0 atom stereocenters. The van der Waals surface area contributed by atoms with Crippen LogP contribution in [0.5, 0.6) is 0 Å². The molecule has 0 amide bonds. The number of hydrogen-bond donors (Lipinski definition) is 2. The summed E-state index contributed by atoms with van der Waals surface area (Å²) in [5, 5.41) is 6.65. The van der Waals surface area contributed by atoms with Crippen LogP contribution in [0.1, 0.15) is 11.3 Å². The Hall–Kier alpha value is -2.80. The molecule has 3 rings (SSSR count). The summed E-state index contributed by atoms with van der Waals surface area (Å²) in [6.45, 7) is 1.80. The first kappa shape index (κ1) is 18.0. The normalized spacial score (nSPS) is 11.3. The van der Waals surface area contributed by atoms with Crippen LogP contribution in [0.2, 0.25) is 5.02 Å². The number of halogens is 4. The van der Waals surface area contributed by atoms with E-state index in [0.717, 1.165) is 17.8 Å². The molecule has 0 saturated heterocycles. The lowest BCUT2D eigenvalue weighted by Crippen LogP contribution is -2.05. The number of alkyl halides is 3. The van der Waals surface area contributed by atoms with Gasteiger partial charge >= 0.3 is 6.18 Å². The van der Waals surface area contributed by atoms with E-state index in [1.165, 1.54) is 12.1 Å². The van der Waals surface area contributed by atoms with Gasteiger partial charge in [0.1, 0.15) is 5.82 Å². The molecule has 0 saturated carbocycles. The maximum absolute atomic E-state index is 12.6. The third-order valence-corrected chi connectivity index (χ3v) is 3.69. The van der Waals surface area contributed by atoms with E-state index >= 15 is 0 Å². The first-order valence-corrected chi connectivity index (χ1v) is 8.00. The zero-order chi connectivity index (χ0) is 18.7. The molecule has 1 heterocycles. The maximum atomic E-state index is 12.6. The highest BCUT2D eigenvalue weighted by atomic mass is 35.5. The van der Waals surface area contributed by atoms with Crippen LogP contribution >= 0.6 is 11.6 Å². The smallest absolute Gasteiger partial charge is 0.340 e. The standard InChI is InChI=1S/C18H14ClF3N4/c1-11-10-16(24-14-6-2-12(3-7-14)18(20,21)22)26-17(23-11)25-15-8-4-13(19)5-9-15/h2-10H,1H3,(H2,23,24,25,26). The van der Waals surface area contributed by atoms with Crippen molar-refractivity contribution in [3.63, 3.8) is 0 Å². The Bertz CT molecular complexity index is 894. The van der Waals surface area contributed by atoms with Gasteiger partial charge in [-0.3, -0.25) is 0 Å². The monoisotopic (exact) mass is 378 g/mol. The van der Waals surface area contributed by atoms with Crippen molar-refractivity contribution in [3.8, 4) is 0 Å².